The molecule has 3 fully saturated rings. The lowest BCUT2D eigenvalue weighted by Crippen LogP contribution is -2.56. The predicted molar refractivity (Wildman–Crippen MR) is 88.7 cm³/mol. The van der Waals surface area contributed by atoms with E-state index in [2.05, 4.69) is 26.0 Å². The van der Waals surface area contributed by atoms with Crippen molar-refractivity contribution in [2.45, 2.75) is 64.6 Å². The van der Waals surface area contributed by atoms with Crippen molar-refractivity contribution in [1.29, 1.82) is 0 Å². The minimum atomic E-state index is -0.682. The lowest BCUT2D eigenvalue weighted by molar-refractivity contribution is -0.154. The van der Waals surface area contributed by atoms with Crippen LogP contribution in [-0.2, 0) is 14.4 Å². The molecule has 7 unspecified atom stereocenters. The Kier molecular flexibility index (Phi) is 3.59. The molecule has 3 amide bonds. The van der Waals surface area contributed by atoms with Gasteiger partial charge < -0.3 is 4.90 Å². The van der Waals surface area contributed by atoms with Crippen LogP contribution in [0.4, 0.5) is 0 Å². The van der Waals surface area contributed by atoms with Crippen molar-refractivity contribution in [3.8, 4) is 0 Å². The molecule has 0 radical (unpaired) electrons. The number of imide groups is 1. The quantitative estimate of drug-likeness (QED) is 0.574. The fourth-order valence-electron chi connectivity index (χ4n) is 5.49. The van der Waals surface area contributed by atoms with E-state index in [1.807, 2.05) is 4.90 Å². The maximum Gasteiger partial charge on any atom is 0.246 e. The van der Waals surface area contributed by atoms with Gasteiger partial charge in [0.15, 0.2) is 0 Å². The molecule has 2 heterocycles. The summed E-state index contributed by atoms with van der Waals surface area (Å²) in [6, 6.07) is -0.333. The minimum Gasteiger partial charge on any atom is -0.335 e. The van der Waals surface area contributed by atoms with E-state index in [4.69, 9.17) is 0 Å². The standard InChI is InChI=1S/C19H26N2O3/c1-10-5-4-6-11(2)20(10)17(22)12(3)21-18(23)15-13-7-8-14(9-13)16(15)19(21)24/h7-8,10-16H,4-6,9H2,1-3H3. The highest BCUT2D eigenvalue weighted by molar-refractivity contribution is 6.09. The maximum atomic E-state index is 13.1. The predicted octanol–water partition coefficient (Wildman–Crippen LogP) is 1.97. The van der Waals surface area contributed by atoms with Crippen molar-refractivity contribution >= 4 is 17.7 Å². The third-order valence-corrected chi connectivity index (χ3v) is 6.70. The van der Waals surface area contributed by atoms with Crippen molar-refractivity contribution in [3.05, 3.63) is 12.2 Å². The summed E-state index contributed by atoms with van der Waals surface area (Å²) in [6.07, 6.45) is 8.20. The van der Waals surface area contributed by atoms with Crippen LogP contribution < -0.4 is 0 Å². The molecule has 0 aromatic rings. The van der Waals surface area contributed by atoms with Gasteiger partial charge in [0.25, 0.3) is 0 Å². The summed E-state index contributed by atoms with van der Waals surface area (Å²) in [5.41, 5.74) is 0. The number of carbonyl (C=O) groups excluding carboxylic acids is 3. The first-order valence-electron chi connectivity index (χ1n) is 9.29. The van der Waals surface area contributed by atoms with Gasteiger partial charge in [0.05, 0.1) is 11.8 Å². The lowest BCUT2D eigenvalue weighted by atomic mass is 9.85. The number of hydrogen-bond acceptors (Lipinski definition) is 3. The number of piperidine rings is 1. The van der Waals surface area contributed by atoms with Crippen molar-refractivity contribution in [3.63, 3.8) is 0 Å². The molecule has 4 aliphatic rings. The third-order valence-electron chi connectivity index (χ3n) is 6.70. The van der Waals surface area contributed by atoms with Crippen LogP contribution in [0.2, 0.25) is 0 Å². The van der Waals surface area contributed by atoms with E-state index in [0.29, 0.717) is 0 Å². The second kappa shape index (κ2) is 5.43. The Morgan fingerprint density at radius 1 is 1.04 bits per heavy atom. The summed E-state index contributed by atoms with van der Waals surface area (Å²) in [7, 11) is 0. The molecule has 1 saturated carbocycles. The second-order valence-corrected chi connectivity index (χ2v) is 8.10. The highest BCUT2D eigenvalue weighted by atomic mass is 16.2. The summed E-state index contributed by atoms with van der Waals surface area (Å²) in [6.45, 7) is 5.85. The van der Waals surface area contributed by atoms with E-state index in [1.165, 1.54) is 4.90 Å². The van der Waals surface area contributed by atoms with E-state index in [9.17, 15) is 14.4 Å². The number of rotatable bonds is 2. The largest absolute Gasteiger partial charge is 0.335 e. The molecule has 2 aliphatic heterocycles. The van der Waals surface area contributed by atoms with Gasteiger partial charge in [0.1, 0.15) is 6.04 Å². The van der Waals surface area contributed by atoms with Gasteiger partial charge in [-0.15, -0.1) is 0 Å². The van der Waals surface area contributed by atoms with Crippen LogP contribution in [0.3, 0.4) is 0 Å². The monoisotopic (exact) mass is 330 g/mol. The normalized spacial score (nSPS) is 42.0. The lowest BCUT2D eigenvalue weighted by Gasteiger charge is -2.41. The molecule has 24 heavy (non-hydrogen) atoms. The molecule has 0 aromatic heterocycles. The highest BCUT2D eigenvalue weighted by Crippen LogP contribution is 2.52. The Hall–Kier alpha value is -1.65. The molecule has 0 spiro atoms. The van der Waals surface area contributed by atoms with E-state index >= 15 is 0 Å². The topological polar surface area (TPSA) is 57.7 Å². The number of likely N-dealkylation sites (tertiary alicyclic amines) is 2. The van der Waals surface area contributed by atoms with E-state index in [0.717, 1.165) is 25.7 Å². The molecule has 0 N–H and O–H groups in total. The molecule has 7 atom stereocenters. The zero-order valence-electron chi connectivity index (χ0n) is 14.6. The van der Waals surface area contributed by atoms with Gasteiger partial charge in [-0.1, -0.05) is 12.2 Å². The fraction of sp³-hybridized carbons (Fsp3) is 0.737. The van der Waals surface area contributed by atoms with Crippen molar-refractivity contribution < 1.29 is 14.4 Å². The first-order chi connectivity index (χ1) is 11.4. The van der Waals surface area contributed by atoms with Crippen LogP contribution in [0.5, 0.6) is 0 Å². The van der Waals surface area contributed by atoms with Gasteiger partial charge in [0.2, 0.25) is 17.7 Å². The molecular weight excluding hydrogens is 304 g/mol. The molecule has 5 heteroatoms. The van der Waals surface area contributed by atoms with Crippen molar-refractivity contribution in [2.75, 3.05) is 0 Å². The van der Waals surface area contributed by atoms with Gasteiger partial charge in [-0.2, -0.15) is 0 Å². The average molecular weight is 330 g/mol. The summed E-state index contributed by atoms with van der Waals surface area (Å²) in [5.74, 6) is -0.386. The molecule has 2 bridgehead atoms. The number of fused-ring (bicyclic) bond motifs is 5. The Morgan fingerprint density at radius 2 is 1.54 bits per heavy atom. The van der Waals surface area contributed by atoms with Gasteiger partial charge in [0, 0.05) is 12.1 Å². The zero-order chi connectivity index (χ0) is 17.2. The number of amides is 3. The Bertz CT molecular complexity index is 588. The summed E-state index contributed by atoms with van der Waals surface area (Å²) in [5, 5.41) is 0. The van der Waals surface area contributed by atoms with Gasteiger partial charge in [-0.25, -0.2) is 0 Å². The Labute approximate surface area is 143 Å². The molecule has 130 valence electrons. The zero-order valence-corrected chi connectivity index (χ0v) is 14.6. The van der Waals surface area contributed by atoms with E-state index < -0.39 is 6.04 Å². The van der Waals surface area contributed by atoms with Crippen LogP contribution in [-0.4, -0.2) is 45.6 Å². The number of carbonyl (C=O) groups is 3. The molecular formula is C19H26N2O3. The van der Waals surface area contributed by atoms with Crippen LogP contribution in [0.25, 0.3) is 0 Å². The van der Waals surface area contributed by atoms with Gasteiger partial charge in [-0.05, 0) is 58.3 Å². The first-order valence-corrected chi connectivity index (χ1v) is 9.29. The highest BCUT2D eigenvalue weighted by Gasteiger charge is 2.60. The van der Waals surface area contributed by atoms with Gasteiger partial charge in [-0.3, -0.25) is 19.3 Å². The summed E-state index contributed by atoms with van der Waals surface area (Å²) < 4.78 is 0. The average Bonchev–Trinajstić information content (AvgIpc) is 3.20. The fourth-order valence-corrected chi connectivity index (χ4v) is 5.49. The Balaban J connectivity index is 1.57. The van der Waals surface area contributed by atoms with E-state index in [-0.39, 0.29) is 53.5 Å². The minimum absolute atomic E-state index is 0.0725. The van der Waals surface area contributed by atoms with Crippen LogP contribution in [0.1, 0.15) is 46.5 Å². The molecule has 0 aromatic carbocycles. The van der Waals surface area contributed by atoms with Crippen LogP contribution in [0.15, 0.2) is 12.2 Å². The van der Waals surface area contributed by atoms with Gasteiger partial charge >= 0.3 is 0 Å². The Morgan fingerprint density at radius 3 is 2.04 bits per heavy atom. The first kappa shape index (κ1) is 15.9. The number of hydrogen-bond donors (Lipinski definition) is 0. The summed E-state index contributed by atoms with van der Waals surface area (Å²) in [4.78, 5) is 42.0. The molecule has 2 aliphatic carbocycles. The molecule has 2 saturated heterocycles. The van der Waals surface area contributed by atoms with Crippen molar-refractivity contribution in [2.24, 2.45) is 23.7 Å². The van der Waals surface area contributed by atoms with Crippen molar-refractivity contribution in [1.82, 2.24) is 9.80 Å². The summed E-state index contributed by atoms with van der Waals surface area (Å²) >= 11 is 0. The third kappa shape index (κ3) is 2.02. The maximum absolute atomic E-state index is 13.1. The van der Waals surface area contributed by atoms with Crippen LogP contribution >= 0.6 is 0 Å². The SMILES string of the molecule is CC(C(=O)N1C(C)CCCC1C)N1C(=O)C2C3C=CC(C3)C2C1=O. The number of nitrogens with zero attached hydrogens (tertiary/aromatic N) is 2. The molecule has 5 nitrogen and oxygen atoms in total. The molecule has 4 rings (SSSR count). The smallest absolute Gasteiger partial charge is 0.246 e. The van der Waals surface area contributed by atoms with E-state index in [1.54, 1.807) is 6.92 Å². The number of allylic oxidation sites excluding steroid dienone is 2. The van der Waals surface area contributed by atoms with Crippen LogP contribution in [0, 0.1) is 23.7 Å². The second-order valence-electron chi connectivity index (χ2n) is 8.10.